The van der Waals surface area contributed by atoms with Crippen LogP contribution in [0, 0.1) is 0 Å². The van der Waals surface area contributed by atoms with Gasteiger partial charge >= 0.3 is 12.3 Å². The van der Waals surface area contributed by atoms with Gasteiger partial charge in [0, 0.05) is 41.2 Å². The zero-order chi connectivity index (χ0) is 21.0. The van der Waals surface area contributed by atoms with E-state index in [0.717, 1.165) is 0 Å². The largest absolute Gasteiger partial charge is 0.465 e. The number of alkyl halides is 3. The van der Waals surface area contributed by atoms with Crippen LogP contribution < -0.4 is 10.6 Å². The second kappa shape index (κ2) is 7.92. The molecule has 0 radical (unpaired) electrons. The highest BCUT2D eigenvalue weighted by molar-refractivity contribution is 5.99. The van der Waals surface area contributed by atoms with Crippen LogP contribution in [0.25, 0.3) is 22.2 Å². The van der Waals surface area contributed by atoms with Crippen molar-refractivity contribution in [1.29, 1.82) is 0 Å². The number of carbonyl (C=O) groups is 2. The summed E-state index contributed by atoms with van der Waals surface area (Å²) in [7, 11) is 0. The molecule has 0 fully saturated rings. The van der Waals surface area contributed by atoms with Crippen LogP contribution in [-0.2, 0) is 4.79 Å². The lowest BCUT2D eigenvalue weighted by Gasteiger charge is -2.07. The van der Waals surface area contributed by atoms with Crippen molar-refractivity contribution in [2.75, 3.05) is 10.6 Å². The van der Waals surface area contributed by atoms with E-state index in [1.807, 2.05) is 0 Å². The van der Waals surface area contributed by atoms with Gasteiger partial charge in [-0.05, 0) is 18.2 Å². The van der Waals surface area contributed by atoms with Gasteiger partial charge in [0.05, 0.1) is 11.2 Å². The minimum atomic E-state index is -4.58. The van der Waals surface area contributed by atoms with Crippen molar-refractivity contribution in [2.24, 2.45) is 0 Å². The Bertz CT molecular complexity index is 1120. The first-order chi connectivity index (χ1) is 13.7. The average Bonchev–Trinajstić information content (AvgIpc) is 2.65. The minimum absolute atomic E-state index is 0.0902. The average molecular weight is 403 g/mol. The van der Waals surface area contributed by atoms with Gasteiger partial charge in [-0.3, -0.25) is 15.1 Å². The second-order valence-corrected chi connectivity index (χ2v) is 5.69. The van der Waals surface area contributed by atoms with Crippen molar-refractivity contribution in [3.05, 3.63) is 54.9 Å². The SMILES string of the molecule is O=C(O)Nc1ncc2ccc(-c3cc(NC(=O)/C=C/C(F)(F)F)ccn3)cc2n1. The summed E-state index contributed by atoms with van der Waals surface area (Å²) in [6.07, 6.45) is -2.80. The predicted molar refractivity (Wildman–Crippen MR) is 98.2 cm³/mol. The number of hydrogen-bond acceptors (Lipinski definition) is 5. The molecule has 8 nitrogen and oxygen atoms in total. The molecule has 3 N–H and O–H groups in total. The van der Waals surface area contributed by atoms with E-state index >= 15 is 0 Å². The number of hydrogen-bond donors (Lipinski definition) is 3. The summed E-state index contributed by atoms with van der Waals surface area (Å²) >= 11 is 0. The van der Waals surface area contributed by atoms with Crippen molar-refractivity contribution in [3.63, 3.8) is 0 Å². The summed E-state index contributed by atoms with van der Waals surface area (Å²) in [4.78, 5) is 34.5. The highest BCUT2D eigenvalue weighted by Crippen LogP contribution is 2.24. The molecule has 0 saturated carbocycles. The molecule has 0 saturated heterocycles. The van der Waals surface area contributed by atoms with Gasteiger partial charge in [0.15, 0.2) is 0 Å². The number of halogens is 3. The van der Waals surface area contributed by atoms with Crippen LogP contribution in [0.2, 0.25) is 0 Å². The van der Waals surface area contributed by atoms with E-state index in [9.17, 15) is 22.8 Å². The van der Waals surface area contributed by atoms with Gasteiger partial charge in [-0.2, -0.15) is 13.2 Å². The summed E-state index contributed by atoms with van der Waals surface area (Å²) in [5.41, 5.74) is 1.73. The topological polar surface area (TPSA) is 117 Å². The molecule has 148 valence electrons. The fourth-order valence-electron chi connectivity index (χ4n) is 2.36. The molecule has 0 atom stereocenters. The standard InChI is InChI=1S/C18H12F3N5O3/c19-18(20,21)5-3-15(27)24-12-4-6-22-13(8-12)10-1-2-11-9-23-16(26-17(28)29)25-14(11)7-10/h1-9H,(H,28,29)(H,22,24,27)(H,23,25,26)/b5-3+. The molecular weight excluding hydrogens is 391 g/mol. The van der Waals surface area contributed by atoms with Crippen LogP contribution in [0.3, 0.4) is 0 Å². The monoisotopic (exact) mass is 403 g/mol. The van der Waals surface area contributed by atoms with Gasteiger partial charge in [0.25, 0.3) is 0 Å². The molecule has 2 amide bonds. The maximum Gasteiger partial charge on any atom is 0.411 e. The molecule has 1 aromatic carbocycles. The molecule has 2 heterocycles. The number of amides is 2. The Balaban J connectivity index is 1.85. The summed E-state index contributed by atoms with van der Waals surface area (Å²) < 4.78 is 36.4. The van der Waals surface area contributed by atoms with Crippen molar-refractivity contribution in [3.8, 4) is 11.3 Å². The Morgan fingerprint density at radius 3 is 2.59 bits per heavy atom. The van der Waals surface area contributed by atoms with Crippen molar-refractivity contribution >= 4 is 34.5 Å². The number of anilines is 2. The number of benzene rings is 1. The van der Waals surface area contributed by atoms with E-state index < -0.39 is 18.2 Å². The zero-order valence-electron chi connectivity index (χ0n) is 14.4. The van der Waals surface area contributed by atoms with E-state index in [0.29, 0.717) is 28.2 Å². The van der Waals surface area contributed by atoms with Crippen molar-refractivity contribution < 1.29 is 27.9 Å². The van der Waals surface area contributed by atoms with Crippen LogP contribution >= 0.6 is 0 Å². The molecule has 2 aromatic heterocycles. The number of carboxylic acid groups (broad SMARTS) is 1. The lowest BCUT2D eigenvalue weighted by Crippen LogP contribution is -2.10. The molecule has 3 aromatic rings. The summed E-state index contributed by atoms with van der Waals surface area (Å²) in [5, 5.41) is 13.8. The van der Waals surface area contributed by atoms with Crippen LogP contribution in [0.15, 0.2) is 54.9 Å². The maximum absolute atomic E-state index is 12.1. The second-order valence-electron chi connectivity index (χ2n) is 5.69. The molecule has 0 aliphatic rings. The smallest absolute Gasteiger partial charge is 0.411 e. The molecular formula is C18H12F3N5O3. The first-order valence-corrected chi connectivity index (χ1v) is 8.00. The van der Waals surface area contributed by atoms with Gasteiger partial charge in [0.1, 0.15) is 0 Å². The van der Waals surface area contributed by atoms with Gasteiger partial charge in [-0.15, -0.1) is 0 Å². The molecule has 0 unspecified atom stereocenters. The van der Waals surface area contributed by atoms with E-state index in [1.54, 1.807) is 18.2 Å². The molecule has 0 bridgehead atoms. The lowest BCUT2D eigenvalue weighted by atomic mass is 10.1. The Kier molecular flexibility index (Phi) is 5.39. The van der Waals surface area contributed by atoms with Crippen LogP contribution in [0.1, 0.15) is 0 Å². The number of fused-ring (bicyclic) bond motifs is 1. The normalized spacial score (nSPS) is 11.6. The lowest BCUT2D eigenvalue weighted by molar-refractivity contribution is -0.112. The molecule has 0 aliphatic carbocycles. The molecule has 3 rings (SSSR count). The third-order valence-electron chi connectivity index (χ3n) is 3.55. The molecule has 29 heavy (non-hydrogen) atoms. The van der Waals surface area contributed by atoms with Gasteiger partial charge in [-0.1, -0.05) is 12.1 Å². The van der Waals surface area contributed by atoms with Crippen LogP contribution in [-0.4, -0.2) is 38.2 Å². The summed E-state index contributed by atoms with van der Waals surface area (Å²) in [5.74, 6) is -1.03. The Morgan fingerprint density at radius 2 is 1.86 bits per heavy atom. The fourth-order valence-corrected chi connectivity index (χ4v) is 2.36. The van der Waals surface area contributed by atoms with Crippen molar-refractivity contribution in [2.45, 2.75) is 6.18 Å². The van der Waals surface area contributed by atoms with E-state index in [-0.39, 0.29) is 17.7 Å². The summed E-state index contributed by atoms with van der Waals surface area (Å²) in [6.45, 7) is 0. The number of rotatable bonds is 4. The minimum Gasteiger partial charge on any atom is -0.465 e. The van der Waals surface area contributed by atoms with Crippen molar-refractivity contribution in [1.82, 2.24) is 15.0 Å². The highest BCUT2D eigenvalue weighted by atomic mass is 19.4. The Hall–Kier alpha value is -4.02. The third kappa shape index (κ3) is 5.48. The predicted octanol–water partition coefficient (Wildman–Crippen LogP) is 3.84. The first kappa shape index (κ1) is 19.7. The first-order valence-electron chi connectivity index (χ1n) is 8.00. The Morgan fingerprint density at radius 1 is 1.07 bits per heavy atom. The molecule has 0 spiro atoms. The van der Waals surface area contributed by atoms with E-state index in [1.165, 1.54) is 24.5 Å². The number of nitrogens with one attached hydrogen (secondary N) is 2. The highest BCUT2D eigenvalue weighted by Gasteiger charge is 2.22. The molecule has 11 heteroatoms. The van der Waals surface area contributed by atoms with Crippen LogP contribution in [0.5, 0.6) is 0 Å². The Labute approximate surface area is 161 Å². The zero-order valence-corrected chi connectivity index (χ0v) is 14.4. The molecule has 0 aliphatic heterocycles. The third-order valence-corrected chi connectivity index (χ3v) is 3.55. The number of allylic oxidation sites excluding steroid dienone is 1. The number of aromatic nitrogens is 3. The number of carbonyl (C=O) groups excluding carboxylic acids is 1. The van der Waals surface area contributed by atoms with Gasteiger partial charge in [-0.25, -0.2) is 14.8 Å². The van der Waals surface area contributed by atoms with Gasteiger partial charge in [0.2, 0.25) is 11.9 Å². The van der Waals surface area contributed by atoms with Gasteiger partial charge < -0.3 is 10.4 Å². The number of nitrogens with zero attached hydrogens (tertiary/aromatic N) is 3. The van der Waals surface area contributed by atoms with Crippen LogP contribution in [0.4, 0.5) is 29.6 Å². The summed E-state index contributed by atoms with van der Waals surface area (Å²) in [6, 6.07) is 7.97. The number of pyridine rings is 1. The van der Waals surface area contributed by atoms with E-state index in [2.05, 4.69) is 25.6 Å². The quantitative estimate of drug-likeness (QED) is 0.570. The fraction of sp³-hybridized carbons (Fsp3) is 0.0556. The van der Waals surface area contributed by atoms with E-state index in [4.69, 9.17) is 5.11 Å². The maximum atomic E-state index is 12.1.